The number of nitro groups is 1. The highest BCUT2D eigenvalue weighted by atomic mass is 35.5. The summed E-state index contributed by atoms with van der Waals surface area (Å²) < 4.78 is 41.1. The second-order valence-electron chi connectivity index (χ2n) is 6.12. The fourth-order valence-corrected chi connectivity index (χ4v) is 3.26. The predicted molar refractivity (Wildman–Crippen MR) is 107 cm³/mol. The summed E-state index contributed by atoms with van der Waals surface area (Å²) in [5.41, 5.74) is 1.16. The molecule has 2 aromatic rings. The van der Waals surface area contributed by atoms with Crippen molar-refractivity contribution in [3.05, 3.63) is 69.8 Å². The monoisotopic (exact) mass is 453 g/mol. The van der Waals surface area contributed by atoms with E-state index in [1.165, 1.54) is 30.3 Å². The number of hydrogen-bond acceptors (Lipinski definition) is 5. The molecular weight excluding hydrogens is 434 g/mol. The molecule has 0 aromatic heterocycles. The number of rotatable bonds is 5. The van der Waals surface area contributed by atoms with Crippen LogP contribution >= 0.6 is 24.8 Å². The molecule has 1 fully saturated rings. The van der Waals surface area contributed by atoms with E-state index in [4.69, 9.17) is 0 Å². The van der Waals surface area contributed by atoms with Crippen LogP contribution in [0.4, 0.5) is 18.9 Å². The number of para-hydroxylation sites is 1. The Morgan fingerprint density at radius 2 is 1.62 bits per heavy atom. The van der Waals surface area contributed by atoms with Crippen LogP contribution in [-0.2, 0) is 0 Å². The fraction of sp³-hybridized carbons (Fsp3) is 0.333. The zero-order valence-corrected chi connectivity index (χ0v) is 16.7. The minimum atomic E-state index is -4.77. The third kappa shape index (κ3) is 6.46. The first-order valence-corrected chi connectivity index (χ1v) is 8.39. The largest absolute Gasteiger partial charge is 0.573 e. The Labute approximate surface area is 178 Å². The zero-order chi connectivity index (χ0) is 19.4. The minimum Gasteiger partial charge on any atom is -0.406 e. The van der Waals surface area contributed by atoms with Crippen molar-refractivity contribution in [2.24, 2.45) is 0 Å². The summed E-state index contributed by atoms with van der Waals surface area (Å²) in [6.07, 6.45) is -4.77. The molecule has 0 unspecified atom stereocenters. The summed E-state index contributed by atoms with van der Waals surface area (Å²) >= 11 is 0. The standard InChI is InChI=1S/C18H18F3N3O3.2ClH/c19-18(20,21)27-14-7-5-13(6-8-14)17(23-11-9-22-10-12-23)15-3-1-2-4-16(15)24(25)26;;/h1-8,17,22H,9-12H2;2*1H/t17-;;/m1../s1. The van der Waals surface area contributed by atoms with Gasteiger partial charge in [-0.25, -0.2) is 0 Å². The van der Waals surface area contributed by atoms with Crippen LogP contribution in [0.25, 0.3) is 0 Å². The summed E-state index contributed by atoms with van der Waals surface area (Å²) in [5.74, 6) is -0.326. The number of benzene rings is 2. The van der Waals surface area contributed by atoms with Gasteiger partial charge in [0.05, 0.1) is 16.5 Å². The van der Waals surface area contributed by atoms with Crippen molar-refractivity contribution in [2.75, 3.05) is 26.2 Å². The lowest BCUT2D eigenvalue weighted by Crippen LogP contribution is -2.45. The normalized spacial score (nSPS) is 15.6. The quantitative estimate of drug-likeness (QED) is 0.538. The first kappa shape index (κ1) is 25.0. The van der Waals surface area contributed by atoms with Crippen LogP contribution in [0.2, 0.25) is 0 Å². The summed E-state index contributed by atoms with van der Waals surface area (Å²) in [4.78, 5) is 13.1. The molecule has 0 spiro atoms. The van der Waals surface area contributed by atoms with Crippen molar-refractivity contribution in [2.45, 2.75) is 12.4 Å². The smallest absolute Gasteiger partial charge is 0.406 e. The van der Waals surface area contributed by atoms with E-state index in [9.17, 15) is 23.3 Å². The minimum absolute atomic E-state index is 0. The lowest BCUT2D eigenvalue weighted by molar-refractivity contribution is -0.385. The number of nitrogens with zero attached hydrogens (tertiary/aromatic N) is 2. The van der Waals surface area contributed by atoms with Crippen LogP contribution in [0.1, 0.15) is 17.2 Å². The van der Waals surface area contributed by atoms with Gasteiger partial charge in [0.1, 0.15) is 5.75 Å². The maximum Gasteiger partial charge on any atom is 0.573 e. The maximum absolute atomic E-state index is 12.4. The van der Waals surface area contributed by atoms with Crippen molar-refractivity contribution < 1.29 is 22.8 Å². The molecule has 2 aromatic carbocycles. The lowest BCUT2D eigenvalue weighted by Gasteiger charge is -2.35. The van der Waals surface area contributed by atoms with Gasteiger partial charge in [-0.1, -0.05) is 30.3 Å². The van der Waals surface area contributed by atoms with Gasteiger partial charge in [0.25, 0.3) is 5.69 Å². The number of nitro benzene ring substituents is 1. The van der Waals surface area contributed by atoms with Gasteiger partial charge in [-0.3, -0.25) is 15.0 Å². The van der Waals surface area contributed by atoms with E-state index in [1.54, 1.807) is 18.2 Å². The second kappa shape index (κ2) is 10.6. The predicted octanol–water partition coefficient (Wildman–Crippen LogP) is 4.33. The van der Waals surface area contributed by atoms with E-state index in [0.717, 1.165) is 13.1 Å². The van der Waals surface area contributed by atoms with Gasteiger partial charge in [-0.2, -0.15) is 0 Å². The van der Waals surface area contributed by atoms with Gasteiger partial charge in [-0.15, -0.1) is 38.0 Å². The molecule has 0 radical (unpaired) electrons. The summed E-state index contributed by atoms with van der Waals surface area (Å²) in [7, 11) is 0. The van der Waals surface area contributed by atoms with E-state index in [2.05, 4.69) is 15.0 Å². The number of ether oxygens (including phenoxy) is 1. The molecule has 0 aliphatic carbocycles. The number of halogens is 5. The molecular formula is C18H20Cl2F3N3O3. The third-order valence-corrected chi connectivity index (χ3v) is 4.37. The van der Waals surface area contributed by atoms with Crippen LogP contribution in [0.5, 0.6) is 5.75 Å². The first-order valence-electron chi connectivity index (χ1n) is 8.39. The van der Waals surface area contributed by atoms with Crippen LogP contribution in [0.3, 0.4) is 0 Å². The van der Waals surface area contributed by atoms with Crippen LogP contribution in [0.15, 0.2) is 48.5 Å². The van der Waals surface area contributed by atoms with Crippen molar-refractivity contribution in [1.29, 1.82) is 0 Å². The highest BCUT2D eigenvalue weighted by Gasteiger charge is 2.32. The molecule has 0 bridgehead atoms. The highest BCUT2D eigenvalue weighted by molar-refractivity contribution is 5.85. The molecule has 29 heavy (non-hydrogen) atoms. The number of alkyl halides is 3. The van der Waals surface area contributed by atoms with Gasteiger partial charge >= 0.3 is 6.36 Å². The Kier molecular flexibility index (Phi) is 9.15. The Hall–Kier alpha value is -2.07. The molecule has 6 nitrogen and oxygen atoms in total. The highest BCUT2D eigenvalue weighted by Crippen LogP contribution is 2.35. The molecule has 1 aliphatic heterocycles. The number of nitrogens with one attached hydrogen (secondary N) is 1. The third-order valence-electron chi connectivity index (χ3n) is 4.37. The van der Waals surface area contributed by atoms with Gasteiger partial charge in [0, 0.05) is 32.2 Å². The van der Waals surface area contributed by atoms with E-state index in [1.807, 2.05) is 0 Å². The fourth-order valence-electron chi connectivity index (χ4n) is 3.26. The Bertz CT molecular complexity index is 801. The summed E-state index contributed by atoms with van der Waals surface area (Å²) in [6, 6.07) is 11.5. The molecule has 3 rings (SSSR count). The molecule has 0 amide bonds. The van der Waals surface area contributed by atoms with E-state index in [-0.39, 0.29) is 36.3 Å². The van der Waals surface area contributed by atoms with Crippen molar-refractivity contribution >= 4 is 30.5 Å². The van der Waals surface area contributed by atoms with E-state index >= 15 is 0 Å². The Balaban J connectivity index is 0.00000210. The molecule has 0 saturated carbocycles. The van der Waals surface area contributed by atoms with Crippen LogP contribution < -0.4 is 10.1 Å². The topological polar surface area (TPSA) is 67.6 Å². The summed E-state index contributed by atoms with van der Waals surface area (Å²) in [5, 5.41) is 14.7. The second-order valence-corrected chi connectivity index (χ2v) is 6.12. The first-order chi connectivity index (χ1) is 12.8. The zero-order valence-electron chi connectivity index (χ0n) is 15.1. The van der Waals surface area contributed by atoms with Crippen LogP contribution in [0, 0.1) is 10.1 Å². The lowest BCUT2D eigenvalue weighted by atomic mass is 9.95. The molecule has 11 heteroatoms. The Morgan fingerprint density at radius 3 is 2.17 bits per heavy atom. The van der Waals surface area contributed by atoms with Crippen molar-refractivity contribution in [3.8, 4) is 5.75 Å². The molecule has 1 atom stereocenters. The van der Waals surface area contributed by atoms with Gasteiger partial charge in [-0.05, 0) is 17.7 Å². The molecule has 1 N–H and O–H groups in total. The number of hydrogen-bond donors (Lipinski definition) is 1. The van der Waals surface area contributed by atoms with E-state index in [0.29, 0.717) is 24.2 Å². The maximum atomic E-state index is 12.4. The average Bonchev–Trinajstić information content (AvgIpc) is 2.63. The van der Waals surface area contributed by atoms with Gasteiger partial charge < -0.3 is 10.1 Å². The van der Waals surface area contributed by atoms with Crippen LogP contribution in [-0.4, -0.2) is 42.4 Å². The Morgan fingerprint density at radius 1 is 1.03 bits per heavy atom. The molecule has 1 aliphatic rings. The van der Waals surface area contributed by atoms with Crippen molar-refractivity contribution in [3.63, 3.8) is 0 Å². The molecule has 1 saturated heterocycles. The SMILES string of the molecule is Cl.Cl.O=[N+]([O-])c1ccccc1[C@@H](c1ccc(OC(F)(F)F)cc1)N1CCNCC1. The summed E-state index contributed by atoms with van der Waals surface area (Å²) in [6.45, 7) is 2.79. The van der Waals surface area contributed by atoms with Gasteiger partial charge in [0.15, 0.2) is 0 Å². The molecule has 1 heterocycles. The average molecular weight is 454 g/mol. The van der Waals surface area contributed by atoms with E-state index < -0.39 is 17.3 Å². The van der Waals surface area contributed by atoms with Crippen molar-refractivity contribution in [1.82, 2.24) is 10.2 Å². The number of piperazine rings is 1. The molecule has 160 valence electrons. The van der Waals surface area contributed by atoms with Gasteiger partial charge in [0.2, 0.25) is 0 Å².